The van der Waals surface area contributed by atoms with E-state index >= 15 is 0 Å². The Morgan fingerprint density at radius 2 is 1.91 bits per heavy atom. The van der Waals surface area contributed by atoms with E-state index in [0.717, 1.165) is 0 Å². The molecule has 1 aromatic carbocycles. The number of fused-ring (bicyclic) bond motifs is 1. The average molecular weight is 306 g/mol. The zero-order chi connectivity index (χ0) is 16.4. The molecule has 22 heavy (non-hydrogen) atoms. The highest BCUT2D eigenvalue weighted by molar-refractivity contribution is 6.09. The van der Waals surface area contributed by atoms with Crippen molar-refractivity contribution >= 4 is 22.6 Å². The first-order valence-corrected chi connectivity index (χ1v) is 6.06. The quantitative estimate of drug-likeness (QED) is 0.271. The highest BCUT2D eigenvalue weighted by atomic mass is 16.6. The number of nitro groups is 1. The molecule has 0 bridgehead atoms. The fourth-order valence-corrected chi connectivity index (χ4v) is 2.08. The number of nitrogens with zero attached hydrogens (tertiary/aromatic N) is 4. The molecule has 4 N–H and O–H groups in total. The highest BCUT2D eigenvalue weighted by Gasteiger charge is 2.23. The van der Waals surface area contributed by atoms with E-state index in [9.17, 15) is 10.1 Å². The zero-order valence-corrected chi connectivity index (χ0v) is 12.2. The molecule has 10 heteroatoms. The zero-order valence-electron chi connectivity index (χ0n) is 12.2. The van der Waals surface area contributed by atoms with Crippen LogP contribution in [-0.2, 0) is 0 Å². The Morgan fingerprint density at radius 1 is 1.32 bits per heavy atom. The van der Waals surface area contributed by atoms with E-state index in [0.29, 0.717) is 0 Å². The van der Waals surface area contributed by atoms with Gasteiger partial charge in [0.15, 0.2) is 5.84 Å². The summed E-state index contributed by atoms with van der Waals surface area (Å²) in [6.07, 6.45) is 0. The number of nitro benzene ring substituents is 1. The minimum Gasteiger partial charge on any atom is -0.477 e. The number of amidine groups is 1. The summed E-state index contributed by atoms with van der Waals surface area (Å²) in [6, 6.07) is 1.28. The number of ether oxygens (including phenoxy) is 2. The van der Waals surface area contributed by atoms with E-state index in [2.05, 4.69) is 15.1 Å². The molecule has 0 aliphatic carbocycles. The molecule has 2 rings (SSSR count). The Hall–Kier alpha value is -3.17. The molecule has 116 valence electrons. The SMILES string of the molecule is COc1nc2cc([N+](=O)[O-])c(C)c(/C(N)=N/N)c2nc1OC. The lowest BCUT2D eigenvalue weighted by Crippen LogP contribution is -2.19. The normalized spacial score (nSPS) is 11.5. The van der Waals surface area contributed by atoms with Gasteiger partial charge >= 0.3 is 0 Å². The van der Waals surface area contributed by atoms with Crippen LogP contribution in [0.1, 0.15) is 11.1 Å². The van der Waals surface area contributed by atoms with Crippen molar-refractivity contribution < 1.29 is 14.4 Å². The van der Waals surface area contributed by atoms with Crippen LogP contribution < -0.4 is 21.1 Å². The van der Waals surface area contributed by atoms with Crippen molar-refractivity contribution in [2.75, 3.05) is 14.2 Å². The van der Waals surface area contributed by atoms with E-state index in [1.807, 2.05) is 0 Å². The molecule has 1 heterocycles. The van der Waals surface area contributed by atoms with Crippen molar-refractivity contribution in [3.63, 3.8) is 0 Å². The van der Waals surface area contributed by atoms with Gasteiger partial charge in [-0.3, -0.25) is 10.1 Å². The van der Waals surface area contributed by atoms with Gasteiger partial charge in [0.25, 0.3) is 17.4 Å². The Bertz CT molecular complexity index is 789. The van der Waals surface area contributed by atoms with Crippen molar-refractivity contribution in [2.24, 2.45) is 16.7 Å². The monoisotopic (exact) mass is 306 g/mol. The molecule has 0 saturated heterocycles. The number of aromatic nitrogens is 2. The molecule has 0 atom stereocenters. The van der Waals surface area contributed by atoms with Gasteiger partial charge in [-0.2, -0.15) is 5.10 Å². The Morgan fingerprint density at radius 3 is 2.41 bits per heavy atom. The number of methoxy groups -OCH3 is 2. The summed E-state index contributed by atoms with van der Waals surface area (Å²) in [4.78, 5) is 19.1. The van der Waals surface area contributed by atoms with Crippen molar-refractivity contribution in [1.82, 2.24) is 9.97 Å². The molecular weight excluding hydrogens is 292 g/mol. The van der Waals surface area contributed by atoms with Gasteiger partial charge in [-0.05, 0) is 6.92 Å². The predicted molar refractivity (Wildman–Crippen MR) is 78.9 cm³/mol. The lowest BCUT2D eigenvalue weighted by Gasteiger charge is -2.12. The third-order valence-electron chi connectivity index (χ3n) is 3.11. The fourth-order valence-electron chi connectivity index (χ4n) is 2.08. The minimum atomic E-state index is -0.541. The van der Waals surface area contributed by atoms with Gasteiger partial charge in [0.05, 0.1) is 24.7 Å². The lowest BCUT2D eigenvalue weighted by molar-refractivity contribution is -0.385. The molecule has 10 nitrogen and oxygen atoms in total. The summed E-state index contributed by atoms with van der Waals surface area (Å²) < 4.78 is 10.1. The van der Waals surface area contributed by atoms with Crippen molar-refractivity contribution in [1.29, 1.82) is 0 Å². The van der Waals surface area contributed by atoms with E-state index in [1.54, 1.807) is 0 Å². The van der Waals surface area contributed by atoms with Crippen molar-refractivity contribution in [3.8, 4) is 11.8 Å². The third-order valence-corrected chi connectivity index (χ3v) is 3.11. The van der Waals surface area contributed by atoms with Gasteiger partial charge < -0.3 is 21.1 Å². The highest BCUT2D eigenvalue weighted by Crippen LogP contribution is 2.32. The van der Waals surface area contributed by atoms with E-state index in [-0.39, 0.29) is 45.4 Å². The molecule has 0 aliphatic heterocycles. The Kier molecular flexibility index (Phi) is 3.93. The second-order valence-corrected chi connectivity index (χ2v) is 4.28. The summed E-state index contributed by atoms with van der Waals surface area (Å²) >= 11 is 0. The molecule has 0 amide bonds. The van der Waals surface area contributed by atoms with Gasteiger partial charge in [0, 0.05) is 11.6 Å². The molecule has 0 fully saturated rings. The predicted octanol–water partition coefficient (Wildman–Crippen LogP) is 0.443. The Balaban J connectivity index is 2.98. The fraction of sp³-hybridized carbons (Fsp3) is 0.250. The van der Waals surface area contributed by atoms with Crippen LogP contribution in [0.3, 0.4) is 0 Å². The first-order chi connectivity index (χ1) is 10.4. The number of benzene rings is 1. The van der Waals surface area contributed by atoms with Gasteiger partial charge in [-0.25, -0.2) is 9.97 Å². The molecular formula is C12H14N6O4. The van der Waals surface area contributed by atoms with Crippen LogP contribution in [-0.4, -0.2) is 34.9 Å². The van der Waals surface area contributed by atoms with E-state index in [4.69, 9.17) is 21.1 Å². The summed E-state index contributed by atoms with van der Waals surface area (Å²) in [5.41, 5.74) is 6.61. The van der Waals surface area contributed by atoms with Crippen LogP contribution >= 0.6 is 0 Å². The smallest absolute Gasteiger partial charge is 0.278 e. The van der Waals surface area contributed by atoms with Gasteiger partial charge in [0.1, 0.15) is 11.0 Å². The average Bonchev–Trinajstić information content (AvgIpc) is 2.51. The van der Waals surface area contributed by atoms with E-state index in [1.165, 1.54) is 27.2 Å². The molecule has 0 unspecified atom stereocenters. The second-order valence-electron chi connectivity index (χ2n) is 4.28. The molecule has 0 spiro atoms. The second kappa shape index (κ2) is 5.68. The maximum atomic E-state index is 11.2. The standard InChI is InChI=1S/C12H14N6O4/c1-5-7(18(19)20)4-6-9(8(5)10(13)17-14)16-12(22-3)11(15-6)21-2/h4H,14H2,1-3H3,(H2,13,17). The van der Waals surface area contributed by atoms with E-state index < -0.39 is 4.92 Å². The topological polar surface area (TPSA) is 152 Å². The number of hydrogen-bond donors (Lipinski definition) is 2. The summed E-state index contributed by atoms with van der Waals surface area (Å²) in [6.45, 7) is 1.53. The van der Waals surface area contributed by atoms with Crippen LogP contribution in [0.2, 0.25) is 0 Å². The number of hydrazone groups is 1. The Labute approximate surface area is 124 Å². The number of rotatable bonds is 4. The molecule has 2 aromatic rings. The summed E-state index contributed by atoms with van der Waals surface area (Å²) in [5.74, 6) is 5.33. The van der Waals surface area contributed by atoms with Crippen LogP contribution in [0, 0.1) is 17.0 Å². The first-order valence-electron chi connectivity index (χ1n) is 6.06. The number of nitrogens with two attached hydrogens (primary N) is 2. The summed E-state index contributed by atoms with van der Waals surface area (Å²) in [5, 5.41) is 14.6. The lowest BCUT2D eigenvalue weighted by atomic mass is 10.0. The first kappa shape index (κ1) is 15.2. The third kappa shape index (κ3) is 2.30. The minimum absolute atomic E-state index is 0.0901. The van der Waals surface area contributed by atoms with Gasteiger partial charge in [-0.1, -0.05) is 0 Å². The van der Waals surface area contributed by atoms with Crippen LogP contribution in [0.25, 0.3) is 11.0 Å². The maximum absolute atomic E-state index is 11.2. The van der Waals surface area contributed by atoms with Crippen molar-refractivity contribution in [2.45, 2.75) is 6.92 Å². The molecule has 0 saturated carbocycles. The van der Waals surface area contributed by atoms with Crippen LogP contribution in [0.4, 0.5) is 5.69 Å². The maximum Gasteiger partial charge on any atom is 0.278 e. The largest absolute Gasteiger partial charge is 0.477 e. The molecule has 0 radical (unpaired) electrons. The van der Waals surface area contributed by atoms with Gasteiger partial charge in [-0.15, -0.1) is 0 Å². The van der Waals surface area contributed by atoms with Gasteiger partial charge in [0.2, 0.25) is 0 Å². The molecule has 1 aromatic heterocycles. The number of hydrogen-bond acceptors (Lipinski definition) is 8. The van der Waals surface area contributed by atoms with Crippen LogP contribution in [0.5, 0.6) is 11.8 Å². The van der Waals surface area contributed by atoms with Crippen molar-refractivity contribution in [3.05, 3.63) is 27.3 Å². The van der Waals surface area contributed by atoms with Crippen LogP contribution in [0.15, 0.2) is 11.2 Å². The summed E-state index contributed by atoms with van der Waals surface area (Å²) in [7, 11) is 2.79. The molecule has 0 aliphatic rings.